The highest BCUT2D eigenvalue weighted by Gasteiger charge is 2.14. The summed E-state index contributed by atoms with van der Waals surface area (Å²) in [7, 11) is 0. The summed E-state index contributed by atoms with van der Waals surface area (Å²) < 4.78 is 10.5. The molecule has 0 aliphatic rings. The highest BCUT2D eigenvalue weighted by molar-refractivity contribution is 5.72. The number of rotatable bonds is 5. The second-order valence-electron chi connectivity index (χ2n) is 4.23. The molecule has 1 aromatic rings. The SMILES string of the molecule is CCOC(=O)C(C)COc1ccc(C)cc1C. The van der Waals surface area contributed by atoms with Gasteiger partial charge in [-0.05, 0) is 39.3 Å². The Bertz CT molecular complexity index is 385. The van der Waals surface area contributed by atoms with E-state index < -0.39 is 0 Å². The first-order chi connectivity index (χ1) is 8.04. The lowest BCUT2D eigenvalue weighted by atomic mass is 10.1. The summed E-state index contributed by atoms with van der Waals surface area (Å²) in [5.41, 5.74) is 2.29. The van der Waals surface area contributed by atoms with E-state index in [0.717, 1.165) is 11.3 Å². The minimum atomic E-state index is -0.240. The molecule has 0 radical (unpaired) electrons. The predicted molar refractivity (Wildman–Crippen MR) is 67.2 cm³/mol. The first-order valence-corrected chi connectivity index (χ1v) is 5.91. The van der Waals surface area contributed by atoms with Gasteiger partial charge in [0.25, 0.3) is 0 Å². The van der Waals surface area contributed by atoms with Crippen molar-refractivity contribution in [1.29, 1.82) is 0 Å². The Kier molecular flexibility index (Phi) is 5.01. The van der Waals surface area contributed by atoms with Crippen molar-refractivity contribution in [1.82, 2.24) is 0 Å². The molecule has 0 heterocycles. The fourth-order valence-electron chi connectivity index (χ4n) is 1.53. The van der Waals surface area contributed by atoms with Gasteiger partial charge in [0.15, 0.2) is 0 Å². The topological polar surface area (TPSA) is 35.5 Å². The predicted octanol–water partition coefficient (Wildman–Crippen LogP) is 2.88. The molecule has 1 rings (SSSR count). The molecule has 1 unspecified atom stereocenters. The minimum absolute atomic E-state index is 0.211. The summed E-state index contributed by atoms with van der Waals surface area (Å²) in [5, 5.41) is 0. The van der Waals surface area contributed by atoms with E-state index in [2.05, 4.69) is 6.07 Å². The molecule has 0 aliphatic heterocycles. The number of hydrogen-bond donors (Lipinski definition) is 0. The second kappa shape index (κ2) is 6.28. The van der Waals surface area contributed by atoms with Crippen LogP contribution in [-0.4, -0.2) is 19.2 Å². The van der Waals surface area contributed by atoms with Crippen molar-refractivity contribution in [3.05, 3.63) is 29.3 Å². The van der Waals surface area contributed by atoms with Gasteiger partial charge < -0.3 is 9.47 Å². The molecule has 1 atom stereocenters. The van der Waals surface area contributed by atoms with Crippen molar-refractivity contribution in [2.24, 2.45) is 5.92 Å². The standard InChI is InChI=1S/C14H20O3/c1-5-16-14(15)12(4)9-17-13-7-6-10(2)8-11(13)3/h6-8,12H,5,9H2,1-4H3. The molecule has 3 heteroatoms. The van der Waals surface area contributed by atoms with Crippen LogP contribution in [0.4, 0.5) is 0 Å². The molecule has 1 aromatic carbocycles. The van der Waals surface area contributed by atoms with Crippen LogP contribution in [0.1, 0.15) is 25.0 Å². The van der Waals surface area contributed by atoms with E-state index in [0.29, 0.717) is 13.2 Å². The smallest absolute Gasteiger partial charge is 0.312 e. The van der Waals surface area contributed by atoms with E-state index in [1.54, 1.807) is 6.92 Å². The Balaban J connectivity index is 2.52. The molecule has 0 saturated carbocycles. The molecule has 94 valence electrons. The van der Waals surface area contributed by atoms with Gasteiger partial charge in [-0.1, -0.05) is 17.7 Å². The molecular formula is C14H20O3. The zero-order valence-electron chi connectivity index (χ0n) is 10.9. The van der Waals surface area contributed by atoms with Crippen molar-refractivity contribution in [2.75, 3.05) is 13.2 Å². The Morgan fingerprint density at radius 3 is 2.65 bits per heavy atom. The number of ether oxygens (including phenoxy) is 2. The van der Waals surface area contributed by atoms with E-state index >= 15 is 0 Å². The number of carbonyl (C=O) groups is 1. The van der Waals surface area contributed by atoms with Crippen LogP contribution in [0.2, 0.25) is 0 Å². The van der Waals surface area contributed by atoms with Gasteiger partial charge in [-0.2, -0.15) is 0 Å². The van der Waals surface area contributed by atoms with Crippen molar-refractivity contribution in [3.63, 3.8) is 0 Å². The summed E-state index contributed by atoms with van der Waals surface area (Å²) in [4.78, 5) is 11.4. The zero-order chi connectivity index (χ0) is 12.8. The zero-order valence-corrected chi connectivity index (χ0v) is 10.9. The third-order valence-corrected chi connectivity index (χ3v) is 2.51. The van der Waals surface area contributed by atoms with Gasteiger partial charge in [0.1, 0.15) is 12.4 Å². The van der Waals surface area contributed by atoms with Gasteiger partial charge >= 0.3 is 5.97 Å². The molecule has 0 aromatic heterocycles. The highest BCUT2D eigenvalue weighted by Crippen LogP contribution is 2.19. The molecule has 0 N–H and O–H groups in total. The van der Waals surface area contributed by atoms with Crippen LogP contribution in [0.15, 0.2) is 18.2 Å². The molecule has 0 saturated heterocycles. The highest BCUT2D eigenvalue weighted by atomic mass is 16.5. The number of esters is 1. The van der Waals surface area contributed by atoms with Gasteiger partial charge in [0.05, 0.1) is 12.5 Å². The quantitative estimate of drug-likeness (QED) is 0.737. The number of carbonyl (C=O) groups excluding carboxylic acids is 1. The lowest BCUT2D eigenvalue weighted by Crippen LogP contribution is -2.21. The van der Waals surface area contributed by atoms with E-state index in [9.17, 15) is 4.79 Å². The third-order valence-electron chi connectivity index (χ3n) is 2.51. The van der Waals surface area contributed by atoms with Crippen molar-refractivity contribution >= 4 is 5.97 Å². The van der Waals surface area contributed by atoms with Gasteiger partial charge in [0, 0.05) is 0 Å². The average molecular weight is 236 g/mol. The molecule has 17 heavy (non-hydrogen) atoms. The van der Waals surface area contributed by atoms with E-state index in [1.165, 1.54) is 5.56 Å². The Labute approximate surface area is 103 Å². The van der Waals surface area contributed by atoms with E-state index in [1.807, 2.05) is 32.9 Å². The van der Waals surface area contributed by atoms with Crippen LogP contribution in [0, 0.1) is 19.8 Å². The minimum Gasteiger partial charge on any atom is -0.492 e. The summed E-state index contributed by atoms with van der Waals surface area (Å²) in [6.07, 6.45) is 0. The van der Waals surface area contributed by atoms with Crippen LogP contribution in [-0.2, 0) is 9.53 Å². The molecule has 0 amide bonds. The van der Waals surface area contributed by atoms with Crippen molar-refractivity contribution < 1.29 is 14.3 Å². The van der Waals surface area contributed by atoms with Crippen molar-refractivity contribution in [3.8, 4) is 5.75 Å². The fourth-order valence-corrected chi connectivity index (χ4v) is 1.53. The number of hydrogen-bond acceptors (Lipinski definition) is 3. The Morgan fingerprint density at radius 1 is 1.35 bits per heavy atom. The lowest BCUT2D eigenvalue weighted by molar-refractivity contribution is -0.148. The summed E-state index contributed by atoms with van der Waals surface area (Å²) in [6.45, 7) is 8.40. The fraction of sp³-hybridized carbons (Fsp3) is 0.500. The van der Waals surface area contributed by atoms with Crippen LogP contribution >= 0.6 is 0 Å². The molecule has 0 bridgehead atoms. The summed E-state index contributed by atoms with van der Waals surface area (Å²) in [5.74, 6) is 0.375. The molecule has 0 fully saturated rings. The maximum absolute atomic E-state index is 11.4. The Hall–Kier alpha value is -1.51. The third kappa shape index (κ3) is 4.10. The van der Waals surface area contributed by atoms with Gasteiger partial charge in [-0.15, -0.1) is 0 Å². The van der Waals surface area contributed by atoms with Gasteiger partial charge in [-0.25, -0.2) is 0 Å². The first kappa shape index (κ1) is 13.6. The van der Waals surface area contributed by atoms with Crippen LogP contribution in [0.3, 0.4) is 0 Å². The molecule has 0 aliphatic carbocycles. The van der Waals surface area contributed by atoms with Crippen LogP contribution in [0.5, 0.6) is 5.75 Å². The maximum atomic E-state index is 11.4. The molecule has 0 spiro atoms. The van der Waals surface area contributed by atoms with Gasteiger partial charge in [-0.3, -0.25) is 4.79 Å². The normalized spacial score (nSPS) is 12.0. The monoisotopic (exact) mass is 236 g/mol. The molecular weight excluding hydrogens is 216 g/mol. The maximum Gasteiger partial charge on any atom is 0.312 e. The number of benzene rings is 1. The average Bonchev–Trinajstić information content (AvgIpc) is 2.27. The van der Waals surface area contributed by atoms with Crippen molar-refractivity contribution in [2.45, 2.75) is 27.7 Å². The Morgan fingerprint density at radius 2 is 2.06 bits per heavy atom. The number of aryl methyl sites for hydroxylation is 2. The van der Waals surface area contributed by atoms with Gasteiger partial charge in [0.2, 0.25) is 0 Å². The second-order valence-corrected chi connectivity index (χ2v) is 4.23. The van der Waals surface area contributed by atoms with E-state index in [-0.39, 0.29) is 11.9 Å². The van der Waals surface area contributed by atoms with Crippen LogP contribution in [0.25, 0.3) is 0 Å². The largest absolute Gasteiger partial charge is 0.492 e. The lowest BCUT2D eigenvalue weighted by Gasteiger charge is -2.13. The van der Waals surface area contributed by atoms with E-state index in [4.69, 9.17) is 9.47 Å². The van der Waals surface area contributed by atoms with Crippen LogP contribution < -0.4 is 4.74 Å². The summed E-state index contributed by atoms with van der Waals surface area (Å²) in [6, 6.07) is 5.99. The molecule has 3 nitrogen and oxygen atoms in total. The summed E-state index contributed by atoms with van der Waals surface area (Å²) >= 11 is 0. The first-order valence-electron chi connectivity index (χ1n) is 5.91.